The highest BCUT2D eigenvalue weighted by Crippen LogP contribution is 2.21. The number of hydrogen-bond donors (Lipinski definition) is 2. The van der Waals surface area contributed by atoms with Crippen molar-refractivity contribution in [3.8, 4) is 0 Å². The first-order chi connectivity index (χ1) is 12.0. The zero-order chi connectivity index (χ0) is 18.0. The van der Waals surface area contributed by atoms with Gasteiger partial charge >= 0.3 is 0 Å². The van der Waals surface area contributed by atoms with Crippen LogP contribution in [-0.4, -0.2) is 27.6 Å². The molecule has 0 saturated heterocycles. The summed E-state index contributed by atoms with van der Waals surface area (Å²) in [6.45, 7) is 3.86. The van der Waals surface area contributed by atoms with Gasteiger partial charge in [0.15, 0.2) is 0 Å². The van der Waals surface area contributed by atoms with Crippen LogP contribution in [0.3, 0.4) is 0 Å². The van der Waals surface area contributed by atoms with Gasteiger partial charge in [-0.3, -0.25) is 14.3 Å². The third-order valence-electron chi connectivity index (χ3n) is 4.31. The largest absolute Gasteiger partial charge is 0.349 e. The lowest BCUT2D eigenvalue weighted by molar-refractivity contribution is -0.111. The van der Waals surface area contributed by atoms with Crippen LogP contribution in [0.15, 0.2) is 30.3 Å². The molecule has 1 saturated carbocycles. The van der Waals surface area contributed by atoms with Crippen molar-refractivity contribution in [3.63, 3.8) is 0 Å². The predicted molar refractivity (Wildman–Crippen MR) is 97.3 cm³/mol. The number of carbonyl (C=O) groups is 2. The minimum atomic E-state index is -0.283. The van der Waals surface area contributed by atoms with E-state index >= 15 is 0 Å². The van der Waals surface area contributed by atoms with Crippen molar-refractivity contribution < 1.29 is 9.59 Å². The Kier molecular flexibility index (Phi) is 4.70. The summed E-state index contributed by atoms with van der Waals surface area (Å²) in [4.78, 5) is 24.5. The number of aryl methyl sites for hydroxylation is 2. The van der Waals surface area contributed by atoms with E-state index in [0.29, 0.717) is 11.3 Å². The van der Waals surface area contributed by atoms with E-state index in [2.05, 4.69) is 15.7 Å². The monoisotopic (exact) mass is 338 g/mol. The molecule has 1 fully saturated rings. The third kappa shape index (κ3) is 3.96. The molecule has 0 atom stereocenters. The van der Waals surface area contributed by atoms with Gasteiger partial charge in [0.05, 0.1) is 16.9 Å². The number of rotatable bonds is 5. The Morgan fingerprint density at radius 1 is 1.24 bits per heavy atom. The molecule has 130 valence electrons. The van der Waals surface area contributed by atoms with Crippen LogP contribution in [0.2, 0.25) is 0 Å². The molecular weight excluding hydrogens is 316 g/mol. The van der Waals surface area contributed by atoms with Crippen molar-refractivity contribution in [2.24, 2.45) is 7.05 Å². The molecule has 6 heteroatoms. The SMILES string of the molecule is Cc1nn(C)c(C)c1/C=C/C(=O)Nc1ccccc1C(=O)NC1CC1. The molecular formula is C19H22N4O2. The Morgan fingerprint density at radius 3 is 2.60 bits per heavy atom. The maximum absolute atomic E-state index is 12.3. The molecule has 0 bridgehead atoms. The normalized spacial score (nSPS) is 13.9. The molecule has 1 aromatic carbocycles. The summed E-state index contributed by atoms with van der Waals surface area (Å²) in [7, 11) is 1.87. The molecule has 1 heterocycles. The van der Waals surface area contributed by atoms with Crippen molar-refractivity contribution in [1.82, 2.24) is 15.1 Å². The minimum Gasteiger partial charge on any atom is -0.349 e. The average Bonchev–Trinajstić information content (AvgIpc) is 3.34. The molecule has 25 heavy (non-hydrogen) atoms. The highest BCUT2D eigenvalue weighted by molar-refractivity contribution is 6.07. The number of para-hydroxylation sites is 1. The summed E-state index contributed by atoms with van der Waals surface area (Å²) in [6, 6.07) is 7.30. The highest BCUT2D eigenvalue weighted by Gasteiger charge is 2.24. The van der Waals surface area contributed by atoms with Gasteiger partial charge in [-0.15, -0.1) is 0 Å². The van der Waals surface area contributed by atoms with Crippen LogP contribution in [0, 0.1) is 13.8 Å². The topological polar surface area (TPSA) is 76.0 Å². The number of aromatic nitrogens is 2. The van der Waals surface area contributed by atoms with E-state index in [1.165, 1.54) is 6.08 Å². The Hall–Kier alpha value is -2.89. The van der Waals surface area contributed by atoms with Crippen LogP contribution in [0.25, 0.3) is 6.08 Å². The minimum absolute atomic E-state index is 0.152. The molecule has 3 rings (SSSR count). The van der Waals surface area contributed by atoms with Crippen molar-refractivity contribution in [2.45, 2.75) is 32.7 Å². The first kappa shape index (κ1) is 17.0. The number of carbonyl (C=O) groups excluding carboxylic acids is 2. The van der Waals surface area contributed by atoms with Crippen molar-refractivity contribution >= 4 is 23.6 Å². The number of nitrogens with one attached hydrogen (secondary N) is 2. The van der Waals surface area contributed by atoms with Gasteiger partial charge in [-0.25, -0.2) is 0 Å². The lowest BCUT2D eigenvalue weighted by atomic mass is 10.1. The van der Waals surface area contributed by atoms with Crippen LogP contribution < -0.4 is 10.6 Å². The summed E-state index contributed by atoms with van der Waals surface area (Å²) >= 11 is 0. The number of anilines is 1. The van der Waals surface area contributed by atoms with Crippen LogP contribution in [0.5, 0.6) is 0 Å². The Balaban J connectivity index is 1.72. The summed E-state index contributed by atoms with van der Waals surface area (Å²) in [5.41, 5.74) is 3.77. The zero-order valence-corrected chi connectivity index (χ0v) is 14.7. The molecule has 6 nitrogen and oxygen atoms in total. The Labute approximate surface area is 146 Å². The van der Waals surface area contributed by atoms with Gasteiger partial charge in [-0.1, -0.05) is 12.1 Å². The van der Waals surface area contributed by atoms with Crippen molar-refractivity contribution in [2.75, 3.05) is 5.32 Å². The molecule has 0 unspecified atom stereocenters. The Morgan fingerprint density at radius 2 is 1.96 bits per heavy atom. The van der Waals surface area contributed by atoms with Gasteiger partial charge in [-0.05, 0) is 44.9 Å². The van der Waals surface area contributed by atoms with E-state index in [9.17, 15) is 9.59 Å². The maximum atomic E-state index is 12.3. The van der Waals surface area contributed by atoms with Gasteiger partial charge in [0.25, 0.3) is 5.91 Å². The second kappa shape index (κ2) is 6.93. The smallest absolute Gasteiger partial charge is 0.253 e. The van der Waals surface area contributed by atoms with Gasteiger partial charge < -0.3 is 10.6 Å². The van der Waals surface area contributed by atoms with Gasteiger partial charge in [0, 0.05) is 30.4 Å². The second-order valence-electron chi connectivity index (χ2n) is 6.32. The van der Waals surface area contributed by atoms with Crippen molar-refractivity contribution in [1.29, 1.82) is 0 Å². The number of hydrogen-bond acceptors (Lipinski definition) is 3. The van der Waals surface area contributed by atoms with Crippen molar-refractivity contribution in [3.05, 3.63) is 52.9 Å². The molecule has 0 radical (unpaired) electrons. The van der Waals surface area contributed by atoms with Crippen LogP contribution >= 0.6 is 0 Å². The average molecular weight is 338 g/mol. The Bertz CT molecular complexity index is 847. The fourth-order valence-electron chi connectivity index (χ4n) is 2.65. The number of nitrogens with zero attached hydrogens (tertiary/aromatic N) is 2. The van der Waals surface area contributed by atoms with Crippen LogP contribution in [0.1, 0.15) is 40.2 Å². The predicted octanol–water partition coefficient (Wildman–Crippen LogP) is 2.58. The molecule has 0 spiro atoms. The summed E-state index contributed by atoms with van der Waals surface area (Å²) in [5, 5.41) is 10.1. The molecule has 1 aliphatic rings. The second-order valence-corrected chi connectivity index (χ2v) is 6.32. The summed E-state index contributed by atoms with van der Waals surface area (Å²) in [5.74, 6) is -0.435. The molecule has 1 aromatic heterocycles. The first-order valence-electron chi connectivity index (χ1n) is 8.35. The number of benzene rings is 1. The number of amides is 2. The van der Waals surface area contributed by atoms with Gasteiger partial charge in [0.2, 0.25) is 5.91 Å². The van der Waals surface area contributed by atoms with E-state index in [4.69, 9.17) is 0 Å². The molecule has 2 amide bonds. The van der Waals surface area contributed by atoms with E-state index in [1.54, 1.807) is 35.0 Å². The quantitative estimate of drug-likeness (QED) is 0.823. The van der Waals surface area contributed by atoms with Gasteiger partial charge in [0.1, 0.15) is 0 Å². The molecule has 1 aliphatic carbocycles. The molecule has 0 aliphatic heterocycles. The van der Waals surface area contributed by atoms with Gasteiger partial charge in [-0.2, -0.15) is 5.10 Å². The van der Waals surface area contributed by atoms with E-state index in [-0.39, 0.29) is 17.9 Å². The van der Waals surface area contributed by atoms with Crippen LogP contribution in [-0.2, 0) is 11.8 Å². The van der Waals surface area contributed by atoms with E-state index in [1.807, 2.05) is 20.9 Å². The molecule has 2 N–H and O–H groups in total. The third-order valence-corrected chi connectivity index (χ3v) is 4.31. The lowest BCUT2D eigenvalue weighted by Gasteiger charge is -2.09. The highest BCUT2D eigenvalue weighted by atomic mass is 16.2. The van der Waals surface area contributed by atoms with E-state index < -0.39 is 0 Å². The molecule has 2 aromatic rings. The van der Waals surface area contributed by atoms with E-state index in [0.717, 1.165) is 29.8 Å². The lowest BCUT2D eigenvalue weighted by Crippen LogP contribution is -2.26. The van der Waals surface area contributed by atoms with Crippen LogP contribution in [0.4, 0.5) is 5.69 Å². The maximum Gasteiger partial charge on any atom is 0.253 e. The summed E-state index contributed by atoms with van der Waals surface area (Å²) in [6.07, 6.45) is 5.26. The summed E-state index contributed by atoms with van der Waals surface area (Å²) < 4.78 is 1.78. The fourth-order valence-corrected chi connectivity index (χ4v) is 2.65. The standard InChI is InChI=1S/C19H22N4O2/c1-12-15(13(2)23(3)22-12)10-11-18(24)21-17-7-5-4-6-16(17)19(25)20-14-8-9-14/h4-7,10-11,14H,8-9H2,1-3H3,(H,20,25)(H,21,24)/b11-10+. The first-order valence-corrected chi connectivity index (χ1v) is 8.35. The zero-order valence-electron chi connectivity index (χ0n) is 14.7. The fraction of sp³-hybridized carbons (Fsp3) is 0.316.